The van der Waals surface area contributed by atoms with Crippen LogP contribution >= 0.6 is 0 Å². The fourth-order valence-electron chi connectivity index (χ4n) is 0.492. The SMILES string of the molecule is COC(=O)c1[c]nn(C)n1. The Morgan fingerprint density at radius 2 is 2.50 bits per heavy atom. The summed E-state index contributed by atoms with van der Waals surface area (Å²) in [6, 6.07) is 0. The molecule has 0 spiro atoms. The summed E-state index contributed by atoms with van der Waals surface area (Å²) < 4.78 is 4.36. The van der Waals surface area contributed by atoms with Crippen LogP contribution in [-0.4, -0.2) is 28.1 Å². The van der Waals surface area contributed by atoms with Gasteiger partial charge in [-0.1, -0.05) is 0 Å². The minimum absolute atomic E-state index is 0.102. The van der Waals surface area contributed by atoms with Crippen molar-refractivity contribution >= 4 is 5.97 Å². The zero-order valence-electron chi connectivity index (χ0n) is 5.66. The number of aromatic nitrogens is 3. The Morgan fingerprint density at radius 1 is 1.80 bits per heavy atom. The molecule has 0 fully saturated rings. The number of ether oxygens (including phenoxy) is 1. The molecule has 0 amide bonds. The number of methoxy groups -OCH3 is 1. The maximum Gasteiger partial charge on any atom is 0.361 e. The Bertz CT molecular complexity index is 243. The van der Waals surface area contributed by atoms with E-state index in [1.54, 1.807) is 7.05 Å². The molecule has 0 aromatic carbocycles. The number of hydrogen-bond donors (Lipinski definition) is 0. The number of carbonyl (C=O) groups excluding carboxylic acids is 1. The summed E-state index contributed by atoms with van der Waals surface area (Å²) in [6.07, 6.45) is 2.38. The van der Waals surface area contributed by atoms with Gasteiger partial charge in [0.25, 0.3) is 0 Å². The first kappa shape index (κ1) is 6.73. The van der Waals surface area contributed by atoms with Gasteiger partial charge in [-0.3, -0.25) is 0 Å². The lowest BCUT2D eigenvalue weighted by molar-refractivity contribution is 0.0593. The van der Waals surface area contributed by atoms with E-state index in [0.29, 0.717) is 0 Å². The predicted molar refractivity (Wildman–Crippen MR) is 31.2 cm³/mol. The molecular formula is C5H6N3O2. The molecule has 1 heterocycles. The van der Waals surface area contributed by atoms with E-state index < -0.39 is 5.97 Å². The fourth-order valence-corrected chi connectivity index (χ4v) is 0.492. The first-order chi connectivity index (χ1) is 4.74. The molecule has 5 nitrogen and oxygen atoms in total. The van der Waals surface area contributed by atoms with E-state index in [0.717, 1.165) is 0 Å². The molecule has 0 aliphatic heterocycles. The summed E-state index contributed by atoms with van der Waals surface area (Å²) in [4.78, 5) is 11.9. The van der Waals surface area contributed by atoms with Gasteiger partial charge in [0.15, 0.2) is 11.9 Å². The zero-order chi connectivity index (χ0) is 7.56. The molecule has 5 heteroatoms. The summed E-state index contributed by atoms with van der Waals surface area (Å²) in [5.74, 6) is -0.520. The lowest BCUT2D eigenvalue weighted by Crippen LogP contribution is -2.03. The van der Waals surface area contributed by atoms with Crippen molar-refractivity contribution in [2.45, 2.75) is 0 Å². The zero-order valence-corrected chi connectivity index (χ0v) is 5.66. The lowest BCUT2D eigenvalue weighted by Gasteiger charge is -1.88. The molecule has 1 aromatic rings. The smallest absolute Gasteiger partial charge is 0.361 e. The highest BCUT2D eigenvalue weighted by atomic mass is 16.5. The summed E-state index contributed by atoms with van der Waals surface area (Å²) in [7, 11) is 2.88. The third-order valence-corrected chi connectivity index (χ3v) is 0.924. The predicted octanol–water partition coefficient (Wildman–Crippen LogP) is -0.598. The molecule has 0 atom stereocenters. The van der Waals surface area contributed by atoms with Gasteiger partial charge in [-0.15, -0.1) is 5.10 Å². The topological polar surface area (TPSA) is 57.0 Å². The maximum atomic E-state index is 10.7. The number of hydrogen-bond acceptors (Lipinski definition) is 4. The van der Waals surface area contributed by atoms with Gasteiger partial charge in [-0.25, -0.2) is 4.79 Å². The second-order valence-electron chi connectivity index (χ2n) is 1.64. The van der Waals surface area contributed by atoms with Crippen molar-refractivity contribution in [1.29, 1.82) is 0 Å². The minimum atomic E-state index is -0.520. The van der Waals surface area contributed by atoms with Crippen molar-refractivity contribution in [3.05, 3.63) is 11.9 Å². The highest BCUT2D eigenvalue weighted by molar-refractivity contribution is 5.86. The van der Waals surface area contributed by atoms with E-state index in [-0.39, 0.29) is 5.69 Å². The van der Waals surface area contributed by atoms with E-state index in [4.69, 9.17) is 0 Å². The number of aryl methyl sites for hydroxylation is 1. The second kappa shape index (κ2) is 2.47. The molecular weight excluding hydrogens is 134 g/mol. The highest BCUT2D eigenvalue weighted by Crippen LogP contribution is 1.90. The van der Waals surface area contributed by atoms with Crippen molar-refractivity contribution in [2.24, 2.45) is 7.05 Å². The van der Waals surface area contributed by atoms with Crippen LogP contribution in [-0.2, 0) is 11.8 Å². The lowest BCUT2D eigenvalue weighted by atomic mass is 10.5. The van der Waals surface area contributed by atoms with Crippen molar-refractivity contribution in [3.63, 3.8) is 0 Å². The second-order valence-corrected chi connectivity index (χ2v) is 1.64. The number of carbonyl (C=O) groups is 1. The standard InChI is InChI=1S/C5H6N3O2/c1-8-6-3-4(7-8)5(9)10-2/h1-2H3. The molecule has 1 aromatic heterocycles. The van der Waals surface area contributed by atoms with Crippen LogP contribution in [0.4, 0.5) is 0 Å². The Kier molecular flexibility index (Phi) is 1.66. The molecule has 10 heavy (non-hydrogen) atoms. The van der Waals surface area contributed by atoms with Crippen LogP contribution in [0.15, 0.2) is 0 Å². The van der Waals surface area contributed by atoms with Crippen LogP contribution in [0.3, 0.4) is 0 Å². The van der Waals surface area contributed by atoms with Crippen LogP contribution in [0, 0.1) is 6.20 Å². The average Bonchev–Trinajstić information content (AvgIpc) is 2.34. The maximum absolute atomic E-state index is 10.7. The van der Waals surface area contributed by atoms with Gasteiger partial charge in [-0.05, 0) is 0 Å². The molecule has 0 N–H and O–H groups in total. The molecule has 53 valence electrons. The molecule has 0 aliphatic carbocycles. The highest BCUT2D eigenvalue weighted by Gasteiger charge is 2.08. The van der Waals surface area contributed by atoms with Crippen LogP contribution < -0.4 is 0 Å². The molecule has 0 saturated carbocycles. The number of nitrogens with zero attached hydrogens (tertiary/aromatic N) is 3. The molecule has 0 saturated heterocycles. The van der Waals surface area contributed by atoms with E-state index in [2.05, 4.69) is 21.1 Å². The van der Waals surface area contributed by atoms with Gasteiger partial charge >= 0.3 is 5.97 Å². The van der Waals surface area contributed by atoms with Crippen molar-refractivity contribution in [3.8, 4) is 0 Å². The molecule has 0 unspecified atom stereocenters. The van der Waals surface area contributed by atoms with Crippen molar-refractivity contribution < 1.29 is 9.53 Å². The van der Waals surface area contributed by atoms with Crippen molar-refractivity contribution in [2.75, 3.05) is 7.11 Å². The van der Waals surface area contributed by atoms with Crippen LogP contribution in [0.1, 0.15) is 10.5 Å². The molecule has 0 aliphatic rings. The van der Waals surface area contributed by atoms with Crippen molar-refractivity contribution in [1.82, 2.24) is 15.0 Å². The van der Waals surface area contributed by atoms with E-state index in [9.17, 15) is 4.79 Å². The first-order valence-electron chi connectivity index (χ1n) is 2.61. The Balaban J connectivity index is 2.85. The number of rotatable bonds is 1. The van der Waals surface area contributed by atoms with Gasteiger partial charge in [0.05, 0.1) is 7.11 Å². The summed E-state index contributed by atoms with van der Waals surface area (Å²) in [6.45, 7) is 0. The summed E-state index contributed by atoms with van der Waals surface area (Å²) >= 11 is 0. The number of esters is 1. The Labute approximate surface area is 57.6 Å². The largest absolute Gasteiger partial charge is 0.464 e. The quantitative estimate of drug-likeness (QED) is 0.489. The van der Waals surface area contributed by atoms with E-state index >= 15 is 0 Å². The van der Waals surface area contributed by atoms with Crippen LogP contribution in [0.25, 0.3) is 0 Å². The first-order valence-corrected chi connectivity index (χ1v) is 2.61. The molecule has 0 bridgehead atoms. The Hall–Kier alpha value is -1.39. The van der Waals surface area contributed by atoms with E-state index in [1.165, 1.54) is 11.9 Å². The summed E-state index contributed by atoms with van der Waals surface area (Å²) in [5.41, 5.74) is 0.102. The Morgan fingerprint density at radius 3 is 2.90 bits per heavy atom. The third kappa shape index (κ3) is 1.12. The van der Waals surface area contributed by atoms with Crippen LogP contribution in [0.2, 0.25) is 0 Å². The van der Waals surface area contributed by atoms with Gasteiger partial charge in [-0.2, -0.15) is 9.90 Å². The third-order valence-electron chi connectivity index (χ3n) is 0.924. The fraction of sp³-hybridized carbons (Fsp3) is 0.400. The monoisotopic (exact) mass is 140 g/mol. The molecule has 1 rings (SSSR count). The normalized spacial score (nSPS) is 9.40. The van der Waals surface area contributed by atoms with E-state index in [1.807, 2.05) is 0 Å². The van der Waals surface area contributed by atoms with Gasteiger partial charge in [0.1, 0.15) is 0 Å². The summed E-state index contributed by atoms with van der Waals surface area (Å²) in [5, 5.41) is 7.22. The average molecular weight is 140 g/mol. The van der Waals surface area contributed by atoms with Gasteiger partial charge in [0.2, 0.25) is 0 Å². The van der Waals surface area contributed by atoms with Crippen LogP contribution in [0.5, 0.6) is 0 Å². The molecule has 1 radical (unpaired) electrons. The van der Waals surface area contributed by atoms with Gasteiger partial charge < -0.3 is 4.74 Å². The van der Waals surface area contributed by atoms with Gasteiger partial charge in [0, 0.05) is 7.05 Å². The minimum Gasteiger partial charge on any atom is -0.464 e.